The topological polar surface area (TPSA) is 153 Å². The van der Waals surface area contributed by atoms with Crippen molar-refractivity contribution in [3.8, 4) is 0 Å². The Labute approximate surface area is 159 Å². The first-order valence-corrected chi connectivity index (χ1v) is 8.01. The Balaban J connectivity index is 3.38. The summed E-state index contributed by atoms with van der Waals surface area (Å²) >= 11 is 4.03. The third kappa shape index (κ3) is 6.36. The van der Waals surface area contributed by atoms with Crippen molar-refractivity contribution in [2.75, 3.05) is 6.61 Å². The Morgan fingerprint density at radius 1 is 0.926 bits per heavy atom. The van der Waals surface area contributed by atoms with Gasteiger partial charge in [0.25, 0.3) is 0 Å². The molecule has 0 unspecified atom stereocenters. The highest BCUT2D eigenvalue weighted by molar-refractivity contribution is 7.81. The van der Waals surface area contributed by atoms with Crippen molar-refractivity contribution in [3.63, 3.8) is 0 Å². The zero-order valence-electron chi connectivity index (χ0n) is 14.9. The molecule has 0 spiro atoms. The van der Waals surface area contributed by atoms with Crippen LogP contribution in [0.2, 0.25) is 0 Å². The van der Waals surface area contributed by atoms with Crippen LogP contribution < -0.4 is 0 Å². The molecule has 0 N–H and O–H groups in total. The van der Waals surface area contributed by atoms with Crippen LogP contribution in [0.3, 0.4) is 0 Å². The molecular formula is C14H19NO11S. The van der Waals surface area contributed by atoms with E-state index in [9.17, 15) is 24.1 Å². The van der Waals surface area contributed by atoms with E-state index in [1.807, 2.05) is 0 Å². The first kappa shape index (κ1) is 22.6. The molecule has 1 saturated heterocycles. The summed E-state index contributed by atoms with van der Waals surface area (Å²) in [5.41, 5.74) is 0. The van der Waals surface area contributed by atoms with Crippen molar-refractivity contribution >= 4 is 36.5 Å². The number of carbonyl (C=O) groups excluding carboxylic acids is 4. The van der Waals surface area contributed by atoms with E-state index in [4.69, 9.17) is 23.7 Å². The van der Waals surface area contributed by atoms with E-state index in [-0.39, 0.29) is 0 Å². The van der Waals surface area contributed by atoms with Crippen LogP contribution in [0.5, 0.6) is 0 Å². The molecule has 1 rings (SSSR count). The maximum Gasteiger partial charge on any atom is 0.327 e. The second-order valence-electron chi connectivity index (χ2n) is 5.43. The van der Waals surface area contributed by atoms with E-state index in [1.165, 1.54) is 0 Å². The lowest BCUT2D eigenvalue weighted by molar-refractivity contribution is -0.325. The van der Waals surface area contributed by atoms with Crippen molar-refractivity contribution in [2.45, 2.75) is 57.2 Å². The first-order chi connectivity index (χ1) is 12.5. The summed E-state index contributed by atoms with van der Waals surface area (Å²) in [6, 6.07) is 0. The molecule has 12 nitrogen and oxygen atoms in total. The number of thiol groups is 1. The molecule has 152 valence electrons. The van der Waals surface area contributed by atoms with Crippen molar-refractivity contribution in [1.82, 2.24) is 0 Å². The van der Waals surface area contributed by atoms with Crippen molar-refractivity contribution in [3.05, 3.63) is 4.91 Å². The van der Waals surface area contributed by atoms with Gasteiger partial charge in [-0.1, -0.05) is 12.6 Å². The van der Waals surface area contributed by atoms with Crippen LogP contribution in [0, 0.1) is 4.91 Å². The molecule has 1 heterocycles. The minimum absolute atomic E-state index is 0.484. The van der Waals surface area contributed by atoms with Gasteiger partial charge in [0.1, 0.15) is 12.7 Å². The molecule has 0 amide bonds. The van der Waals surface area contributed by atoms with Gasteiger partial charge in [-0.25, -0.2) is 0 Å². The van der Waals surface area contributed by atoms with Gasteiger partial charge in [-0.3, -0.25) is 19.2 Å². The molecule has 0 saturated carbocycles. The van der Waals surface area contributed by atoms with E-state index in [2.05, 4.69) is 22.8 Å². The second kappa shape index (κ2) is 9.50. The van der Waals surface area contributed by atoms with Gasteiger partial charge >= 0.3 is 29.0 Å². The summed E-state index contributed by atoms with van der Waals surface area (Å²) < 4.78 is 25.5. The van der Waals surface area contributed by atoms with Crippen LogP contribution in [0.15, 0.2) is 5.34 Å². The zero-order valence-corrected chi connectivity index (χ0v) is 15.8. The molecule has 27 heavy (non-hydrogen) atoms. The molecule has 13 heteroatoms. The molecule has 1 aliphatic rings. The average molecular weight is 409 g/mol. The Bertz CT molecular complexity index is 612. The monoisotopic (exact) mass is 409 g/mol. The van der Waals surface area contributed by atoms with Gasteiger partial charge in [0, 0.05) is 27.7 Å². The summed E-state index contributed by atoms with van der Waals surface area (Å²) in [7, 11) is 0. The number of ether oxygens (including phenoxy) is 5. The van der Waals surface area contributed by atoms with Crippen LogP contribution >= 0.6 is 12.6 Å². The Morgan fingerprint density at radius 2 is 1.44 bits per heavy atom. The normalized spacial score (nSPS) is 29.8. The fourth-order valence-corrected chi connectivity index (χ4v) is 2.74. The Kier molecular flexibility index (Phi) is 7.97. The van der Waals surface area contributed by atoms with Crippen molar-refractivity contribution in [1.29, 1.82) is 0 Å². The number of nitrogens with zero attached hydrogens (tertiary/aromatic N) is 1. The minimum Gasteiger partial charge on any atom is -0.463 e. The van der Waals surface area contributed by atoms with Gasteiger partial charge in [-0.05, 0) is 0 Å². The number of carbonyl (C=O) groups is 4. The minimum atomic E-state index is -2.32. The third-order valence-electron chi connectivity index (χ3n) is 3.18. The van der Waals surface area contributed by atoms with E-state index < -0.39 is 60.0 Å². The zero-order chi connectivity index (χ0) is 20.8. The van der Waals surface area contributed by atoms with Gasteiger partial charge in [0.15, 0.2) is 17.5 Å². The van der Waals surface area contributed by atoms with E-state index >= 15 is 0 Å². The Hall–Kier alpha value is -2.41. The summed E-state index contributed by atoms with van der Waals surface area (Å²) in [5.74, 6) is -3.19. The standard InChI is InChI=1S/C14H19NO11S/c1-6(16)21-5-10-11(22-7(2)17)12(23-8(3)18)13(24-9(4)19)14(27,25-10)26-15-20/h10-13,27H,5H2,1-4H3/t10-,11-,12+,13-,14+/m1/s1. The molecule has 0 aromatic heterocycles. The van der Waals surface area contributed by atoms with Crippen LogP contribution in [-0.2, 0) is 47.7 Å². The lowest BCUT2D eigenvalue weighted by Crippen LogP contribution is -2.66. The lowest BCUT2D eigenvalue weighted by Gasteiger charge is -2.46. The van der Waals surface area contributed by atoms with E-state index in [0.717, 1.165) is 27.7 Å². The summed E-state index contributed by atoms with van der Waals surface area (Å²) in [6.07, 6.45) is -5.85. The van der Waals surface area contributed by atoms with Gasteiger partial charge in [-0.15, -0.1) is 4.91 Å². The van der Waals surface area contributed by atoms with Crippen molar-refractivity contribution < 1.29 is 47.7 Å². The third-order valence-corrected chi connectivity index (χ3v) is 3.63. The summed E-state index contributed by atoms with van der Waals surface area (Å²) in [4.78, 5) is 60.8. The van der Waals surface area contributed by atoms with Crippen molar-refractivity contribution in [2.24, 2.45) is 5.34 Å². The molecule has 0 aromatic carbocycles. The van der Waals surface area contributed by atoms with Gasteiger partial charge in [-0.2, -0.15) is 0 Å². The highest BCUT2D eigenvalue weighted by Gasteiger charge is 2.61. The molecule has 5 atom stereocenters. The molecule has 0 aromatic rings. The molecule has 1 fully saturated rings. The number of rotatable bonds is 7. The van der Waals surface area contributed by atoms with Crippen LogP contribution in [0.1, 0.15) is 27.7 Å². The second-order valence-corrected chi connectivity index (χ2v) is 6.06. The predicted octanol–water partition coefficient (Wildman–Crippen LogP) is 0.0250. The maximum atomic E-state index is 11.5. The van der Waals surface area contributed by atoms with Crippen LogP contribution in [0.4, 0.5) is 0 Å². The molecule has 1 aliphatic heterocycles. The maximum absolute atomic E-state index is 11.5. The van der Waals surface area contributed by atoms with E-state index in [1.54, 1.807) is 0 Å². The average Bonchev–Trinajstić information content (AvgIpc) is 2.51. The fraction of sp³-hybridized carbons (Fsp3) is 0.714. The largest absolute Gasteiger partial charge is 0.463 e. The highest BCUT2D eigenvalue weighted by atomic mass is 32.1. The highest BCUT2D eigenvalue weighted by Crippen LogP contribution is 2.39. The van der Waals surface area contributed by atoms with Crippen LogP contribution in [-0.4, -0.2) is 60.0 Å². The Morgan fingerprint density at radius 3 is 1.89 bits per heavy atom. The smallest absolute Gasteiger partial charge is 0.327 e. The summed E-state index contributed by atoms with van der Waals surface area (Å²) in [5, 5.41) is -0.105. The number of hydrogen-bond donors (Lipinski definition) is 1. The number of esters is 4. The fourth-order valence-electron chi connectivity index (χ4n) is 2.37. The molecule has 0 aliphatic carbocycles. The van der Waals surface area contributed by atoms with Gasteiger partial charge < -0.3 is 28.5 Å². The molecular weight excluding hydrogens is 390 g/mol. The van der Waals surface area contributed by atoms with Gasteiger partial charge in [0.05, 0.1) is 0 Å². The summed E-state index contributed by atoms with van der Waals surface area (Å²) in [6.45, 7) is 3.78. The molecule has 0 radical (unpaired) electrons. The quantitative estimate of drug-likeness (QED) is 0.151. The van der Waals surface area contributed by atoms with Crippen LogP contribution in [0.25, 0.3) is 0 Å². The predicted molar refractivity (Wildman–Crippen MR) is 86.8 cm³/mol. The SMILES string of the molecule is CC(=O)OC[C@H]1O[C@](S)(ON=O)[C@H](OC(C)=O)[C@@H](OC(C)=O)[C@@H]1OC(C)=O. The lowest BCUT2D eigenvalue weighted by atomic mass is 9.98. The first-order valence-electron chi connectivity index (χ1n) is 7.56. The van der Waals surface area contributed by atoms with E-state index in [0.29, 0.717) is 0 Å². The van der Waals surface area contributed by atoms with Gasteiger partial charge in [0.2, 0.25) is 6.10 Å². The molecule has 0 bridgehead atoms. The number of hydrogen-bond acceptors (Lipinski definition) is 13.